The topological polar surface area (TPSA) is 74.2 Å². The summed E-state index contributed by atoms with van der Waals surface area (Å²) in [5, 5.41) is 7.31. The molecule has 2 N–H and O–H groups in total. The predicted molar refractivity (Wildman–Crippen MR) is 54.2 cm³/mol. The highest BCUT2D eigenvalue weighted by Gasteiger charge is 2.14. The number of rotatable bonds is 3. The lowest BCUT2D eigenvalue weighted by atomic mass is 10.3. The van der Waals surface area contributed by atoms with Crippen molar-refractivity contribution in [1.82, 2.24) is 10.2 Å². The summed E-state index contributed by atoms with van der Waals surface area (Å²) in [6.07, 6.45) is -0.308. The molecule has 1 aromatic carbocycles. The smallest absolute Gasteiger partial charge is 0.312 e. The average molecular weight is 205 g/mol. The quantitative estimate of drug-likeness (QED) is 0.826. The first-order chi connectivity index (χ1) is 7.25. The molecule has 2 aromatic rings. The number of anilines is 1. The number of hydrogen-bond acceptors (Lipinski definition) is 5. The first-order valence-corrected chi connectivity index (χ1v) is 4.56. The van der Waals surface area contributed by atoms with Crippen molar-refractivity contribution in [2.45, 2.75) is 13.0 Å². The molecule has 0 saturated carbocycles. The fourth-order valence-electron chi connectivity index (χ4n) is 1.16. The molecule has 0 saturated heterocycles. The van der Waals surface area contributed by atoms with Gasteiger partial charge in [0.15, 0.2) is 6.10 Å². The first kappa shape index (κ1) is 9.51. The van der Waals surface area contributed by atoms with Crippen LogP contribution in [0.3, 0.4) is 0 Å². The molecular formula is C10H11N3O2. The Morgan fingerprint density at radius 2 is 2.00 bits per heavy atom. The molecule has 15 heavy (non-hydrogen) atoms. The molecule has 0 fully saturated rings. The fourth-order valence-corrected chi connectivity index (χ4v) is 1.16. The predicted octanol–water partition coefficient (Wildman–Crippen LogP) is 1.79. The number of nitrogens with zero attached hydrogens (tertiary/aromatic N) is 2. The number of hydrogen-bond donors (Lipinski definition) is 1. The third-order valence-electron chi connectivity index (χ3n) is 1.86. The zero-order chi connectivity index (χ0) is 10.7. The minimum absolute atomic E-state index is 0.0495. The molecular weight excluding hydrogens is 194 g/mol. The maximum absolute atomic E-state index is 5.56. The van der Waals surface area contributed by atoms with Crippen molar-refractivity contribution in [1.29, 1.82) is 0 Å². The van der Waals surface area contributed by atoms with Crippen molar-refractivity contribution in [3.63, 3.8) is 0 Å². The van der Waals surface area contributed by atoms with Crippen molar-refractivity contribution in [2.24, 2.45) is 0 Å². The number of ether oxygens (including phenoxy) is 1. The molecule has 1 aromatic heterocycles. The molecule has 0 aliphatic heterocycles. The monoisotopic (exact) mass is 205 g/mol. The Balaban J connectivity index is 2.07. The van der Waals surface area contributed by atoms with E-state index >= 15 is 0 Å². The van der Waals surface area contributed by atoms with Gasteiger partial charge in [0.1, 0.15) is 5.75 Å². The fraction of sp³-hybridized carbons (Fsp3) is 0.200. The number of benzene rings is 1. The van der Waals surface area contributed by atoms with E-state index < -0.39 is 0 Å². The van der Waals surface area contributed by atoms with Gasteiger partial charge >= 0.3 is 6.01 Å². The van der Waals surface area contributed by atoms with Gasteiger partial charge in [0.05, 0.1) is 0 Å². The minimum Gasteiger partial charge on any atom is -0.481 e. The average Bonchev–Trinajstić information content (AvgIpc) is 2.66. The van der Waals surface area contributed by atoms with Crippen LogP contribution >= 0.6 is 0 Å². The summed E-state index contributed by atoms with van der Waals surface area (Å²) in [6, 6.07) is 9.47. The van der Waals surface area contributed by atoms with Crippen molar-refractivity contribution < 1.29 is 9.15 Å². The van der Waals surface area contributed by atoms with Gasteiger partial charge < -0.3 is 14.9 Å². The Hall–Kier alpha value is -2.04. The molecule has 5 heteroatoms. The Morgan fingerprint density at radius 3 is 2.60 bits per heavy atom. The van der Waals surface area contributed by atoms with Crippen LogP contribution in [0.2, 0.25) is 0 Å². The van der Waals surface area contributed by atoms with Gasteiger partial charge in [-0.3, -0.25) is 0 Å². The molecule has 0 aliphatic rings. The molecule has 1 unspecified atom stereocenters. The van der Waals surface area contributed by atoms with Crippen molar-refractivity contribution >= 4 is 6.01 Å². The first-order valence-electron chi connectivity index (χ1n) is 4.56. The lowest BCUT2D eigenvalue weighted by molar-refractivity contribution is 0.190. The van der Waals surface area contributed by atoms with Crippen LogP contribution in [-0.4, -0.2) is 10.2 Å². The lowest BCUT2D eigenvalue weighted by Crippen LogP contribution is -2.03. The van der Waals surface area contributed by atoms with Gasteiger partial charge in [-0.1, -0.05) is 23.3 Å². The van der Waals surface area contributed by atoms with Gasteiger partial charge in [0, 0.05) is 0 Å². The Labute approximate surface area is 86.9 Å². The molecule has 2 rings (SSSR count). The van der Waals surface area contributed by atoms with Crippen LogP contribution in [0.4, 0.5) is 6.01 Å². The summed E-state index contributed by atoms with van der Waals surface area (Å²) in [5.74, 6) is 1.12. The van der Waals surface area contributed by atoms with E-state index in [4.69, 9.17) is 14.9 Å². The van der Waals surface area contributed by atoms with Crippen LogP contribution in [0, 0.1) is 0 Å². The molecule has 0 amide bonds. The summed E-state index contributed by atoms with van der Waals surface area (Å²) in [5.41, 5.74) is 5.31. The van der Waals surface area contributed by atoms with E-state index in [1.54, 1.807) is 0 Å². The normalized spacial score (nSPS) is 12.3. The van der Waals surface area contributed by atoms with E-state index in [-0.39, 0.29) is 12.1 Å². The van der Waals surface area contributed by atoms with Crippen molar-refractivity contribution in [3.05, 3.63) is 36.2 Å². The molecule has 78 valence electrons. The van der Waals surface area contributed by atoms with Gasteiger partial charge in [0.25, 0.3) is 5.89 Å². The van der Waals surface area contributed by atoms with E-state index in [1.807, 2.05) is 37.3 Å². The van der Waals surface area contributed by atoms with Gasteiger partial charge in [-0.15, -0.1) is 5.10 Å². The van der Waals surface area contributed by atoms with Crippen LogP contribution in [0.5, 0.6) is 5.75 Å². The van der Waals surface area contributed by atoms with E-state index in [1.165, 1.54) is 0 Å². The van der Waals surface area contributed by atoms with Gasteiger partial charge in [-0.25, -0.2) is 0 Å². The zero-order valence-corrected chi connectivity index (χ0v) is 8.25. The second kappa shape index (κ2) is 4.00. The van der Waals surface area contributed by atoms with Crippen molar-refractivity contribution in [2.75, 3.05) is 5.73 Å². The highest BCUT2D eigenvalue weighted by Crippen LogP contribution is 2.20. The molecule has 0 bridgehead atoms. The molecule has 0 aliphatic carbocycles. The van der Waals surface area contributed by atoms with Gasteiger partial charge in [-0.05, 0) is 19.1 Å². The largest absolute Gasteiger partial charge is 0.481 e. The third kappa shape index (κ3) is 2.25. The summed E-state index contributed by atoms with van der Waals surface area (Å²) >= 11 is 0. The SMILES string of the molecule is CC(Oc1ccccc1)c1nnc(N)o1. The van der Waals surface area contributed by atoms with E-state index in [2.05, 4.69) is 10.2 Å². The van der Waals surface area contributed by atoms with Crippen LogP contribution in [-0.2, 0) is 0 Å². The number of nitrogens with two attached hydrogens (primary N) is 1. The summed E-state index contributed by atoms with van der Waals surface area (Å²) in [4.78, 5) is 0. The number of nitrogen functional groups attached to an aromatic ring is 1. The van der Waals surface area contributed by atoms with Gasteiger partial charge in [-0.2, -0.15) is 0 Å². The summed E-state index contributed by atoms with van der Waals surface area (Å²) < 4.78 is 10.6. The highest BCUT2D eigenvalue weighted by atomic mass is 16.5. The lowest BCUT2D eigenvalue weighted by Gasteiger charge is -2.09. The summed E-state index contributed by atoms with van der Waals surface area (Å²) in [7, 11) is 0. The van der Waals surface area contributed by atoms with Crippen LogP contribution < -0.4 is 10.5 Å². The third-order valence-corrected chi connectivity index (χ3v) is 1.86. The molecule has 1 heterocycles. The van der Waals surface area contributed by atoms with E-state index in [0.717, 1.165) is 5.75 Å². The van der Waals surface area contributed by atoms with Crippen LogP contribution in [0.15, 0.2) is 34.7 Å². The van der Waals surface area contributed by atoms with Crippen LogP contribution in [0.25, 0.3) is 0 Å². The molecule has 0 radical (unpaired) electrons. The zero-order valence-electron chi connectivity index (χ0n) is 8.25. The second-order valence-corrected chi connectivity index (χ2v) is 3.05. The highest BCUT2D eigenvalue weighted by molar-refractivity contribution is 5.21. The van der Waals surface area contributed by atoms with Gasteiger partial charge in [0.2, 0.25) is 0 Å². The Morgan fingerprint density at radius 1 is 1.27 bits per heavy atom. The number of para-hydroxylation sites is 1. The Bertz CT molecular complexity index is 427. The summed E-state index contributed by atoms with van der Waals surface area (Å²) in [6.45, 7) is 1.82. The Kier molecular flexibility index (Phi) is 2.53. The van der Waals surface area contributed by atoms with E-state index in [9.17, 15) is 0 Å². The standard InChI is InChI=1S/C10H11N3O2/c1-7(9-12-13-10(11)15-9)14-8-5-3-2-4-6-8/h2-7H,1H3,(H2,11,13). The van der Waals surface area contributed by atoms with Crippen LogP contribution in [0.1, 0.15) is 18.9 Å². The van der Waals surface area contributed by atoms with E-state index in [0.29, 0.717) is 5.89 Å². The molecule has 0 spiro atoms. The maximum atomic E-state index is 5.56. The van der Waals surface area contributed by atoms with Crippen molar-refractivity contribution in [3.8, 4) is 5.75 Å². The minimum atomic E-state index is -0.308. The second-order valence-electron chi connectivity index (χ2n) is 3.05. The number of aromatic nitrogens is 2. The molecule has 1 atom stereocenters. The maximum Gasteiger partial charge on any atom is 0.312 e. The molecule has 5 nitrogen and oxygen atoms in total.